The number of methoxy groups -OCH3 is 4. The predicted molar refractivity (Wildman–Crippen MR) is 140 cm³/mol. The van der Waals surface area contributed by atoms with Gasteiger partial charge in [0.1, 0.15) is 17.3 Å². The van der Waals surface area contributed by atoms with Crippen LogP contribution in [-0.2, 0) is 9.59 Å². The van der Waals surface area contributed by atoms with Crippen LogP contribution in [0.4, 0.5) is 10.1 Å². The fraction of sp³-hybridized carbons (Fsp3) is 0.214. The fourth-order valence-corrected chi connectivity index (χ4v) is 4.88. The summed E-state index contributed by atoms with van der Waals surface area (Å²) in [7, 11) is 5.68. The molecule has 3 aromatic rings. The third-order valence-electron chi connectivity index (χ3n) is 6.20. The minimum Gasteiger partial charge on any atom is -0.507 e. The van der Waals surface area contributed by atoms with Crippen LogP contribution in [-0.4, -0.2) is 45.2 Å². The number of aryl methyl sites for hydroxylation is 1. The van der Waals surface area contributed by atoms with Crippen LogP contribution >= 0.6 is 11.6 Å². The molecule has 1 heterocycles. The van der Waals surface area contributed by atoms with E-state index in [0.717, 1.165) is 0 Å². The number of aliphatic hydroxyl groups excluding tert-OH is 1. The van der Waals surface area contributed by atoms with Crippen molar-refractivity contribution in [3.8, 4) is 23.0 Å². The van der Waals surface area contributed by atoms with Gasteiger partial charge in [-0.05, 0) is 66.6 Å². The van der Waals surface area contributed by atoms with Crippen molar-refractivity contribution < 1.29 is 38.0 Å². The topological polar surface area (TPSA) is 94.5 Å². The molecule has 1 unspecified atom stereocenters. The Labute approximate surface area is 223 Å². The molecule has 0 spiro atoms. The Morgan fingerprint density at radius 3 is 2.00 bits per heavy atom. The number of hydrogen-bond donors (Lipinski definition) is 1. The minimum atomic E-state index is -1.15. The van der Waals surface area contributed by atoms with Gasteiger partial charge in [-0.3, -0.25) is 14.5 Å². The van der Waals surface area contributed by atoms with Gasteiger partial charge in [-0.15, -0.1) is 0 Å². The standard InChI is InChI=1S/C28H25ClFNO7/c1-14-10-18(26(37-4)19(29)11-14)24(32)22-23(15-12-20(35-2)27(38-5)21(13-15)36-3)31(28(34)25(22)33)17-8-6-16(30)7-9-17/h6-13,23,32H,1-5H3/b24-22+. The molecule has 0 aromatic heterocycles. The number of carbonyl (C=O) groups is 2. The highest BCUT2D eigenvalue weighted by Gasteiger charge is 2.48. The number of ether oxygens (including phenoxy) is 4. The number of ketones is 1. The highest BCUT2D eigenvalue weighted by molar-refractivity contribution is 6.51. The molecule has 1 fully saturated rings. The molecule has 198 valence electrons. The molecule has 4 rings (SSSR count). The molecular weight excluding hydrogens is 517 g/mol. The number of nitrogens with zero attached hydrogens (tertiary/aromatic N) is 1. The van der Waals surface area contributed by atoms with Crippen LogP contribution in [0.15, 0.2) is 54.1 Å². The number of rotatable bonds is 7. The van der Waals surface area contributed by atoms with Crippen LogP contribution in [0.25, 0.3) is 5.76 Å². The summed E-state index contributed by atoms with van der Waals surface area (Å²) in [4.78, 5) is 28.1. The molecule has 0 aliphatic carbocycles. The van der Waals surface area contributed by atoms with Gasteiger partial charge in [-0.25, -0.2) is 4.39 Å². The van der Waals surface area contributed by atoms with E-state index in [9.17, 15) is 19.1 Å². The quantitative estimate of drug-likeness (QED) is 0.241. The molecule has 1 saturated heterocycles. The highest BCUT2D eigenvalue weighted by Crippen LogP contribution is 2.48. The fourth-order valence-electron chi connectivity index (χ4n) is 4.53. The van der Waals surface area contributed by atoms with Gasteiger partial charge < -0.3 is 24.1 Å². The van der Waals surface area contributed by atoms with Crippen molar-refractivity contribution in [3.63, 3.8) is 0 Å². The minimum absolute atomic E-state index is 0.131. The maximum Gasteiger partial charge on any atom is 0.300 e. The molecular formula is C28H25ClFNO7. The molecule has 1 aliphatic rings. The zero-order chi connectivity index (χ0) is 27.7. The van der Waals surface area contributed by atoms with Crippen LogP contribution in [0, 0.1) is 12.7 Å². The third kappa shape index (κ3) is 4.50. The monoisotopic (exact) mass is 541 g/mol. The van der Waals surface area contributed by atoms with Gasteiger partial charge in [0.05, 0.1) is 50.6 Å². The van der Waals surface area contributed by atoms with Crippen molar-refractivity contribution in [2.45, 2.75) is 13.0 Å². The van der Waals surface area contributed by atoms with E-state index >= 15 is 0 Å². The molecule has 3 aromatic carbocycles. The summed E-state index contributed by atoms with van der Waals surface area (Å²) in [6.07, 6.45) is 0. The van der Waals surface area contributed by atoms with E-state index in [2.05, 4.69) is 0 Å². The molecule has 1 aliphatic heterocycles. The molecule has 10 heteroatoms. The number of carbonyl (C=O) groups excluding carboxylic acids is 2. The van der Waals surface area contributed by atoms with E-state index in [1.165, 1.54) is 57.6 Å². The van der Waals surface area contributed by atoms with Crippen LogP contribution in [0.2, 0.25) is 5.02 Å². The number of anilines is 1. The SMILES string of the molecule is COc1cc(C2/C(=C(\O)c3cc(C)cc(Cl)c3OC)C(=O)C(=O)N2c2ccc(F)cc2)cc(OC)c1OC. The zero-order valence-corrected chi connectivity index (χ0v) is 22.1. The lowest BCUT2D eigenvalue weighted by atomic mass is 9.93. The van der Waals surface area contributed by atoms with E-state index in [-0.39, 0.29) is 39.1 Å². The number of halogens is 2. The smallest absolute Gasteiger partial charge is 0.300 e. The van der Waals surface area contributed by atoms with Gasteiger partial charge in [-0.1, -0.05) is 11.6 Å². The van der Waals surface area contributed by atoms with Crippen molar-refractivity contribution in [2.75, 3.05) is 33.3 Å². The average molecular weight is 542 g/mol. The van der Waals surface area contributed by atoms with Crippen molar-refractivity contribution in [1.29, 1.82) is 0 Å². The molecule has 0 bridgehead atoms. The lowest BCUT2D eigenvalue weighted by molar-refractivity contribution is -0.132. The van der Waals surface area contributed by atoms with Crippen LogP contribution in [0.1, 0.15) is 22.7 Å². The molecule has 0 radical (unpaired) electrons. The van der Waals surface area contributed by atoms with E-state index in [1.54, 1.807) is 31.2 Å². The van der Waals surface area contributed by atoms with Gasteiger partial charge in [-0.2, -0.15) is 0 Å². The zero-order valence-electron chi connectivity index (χ0n) is 21.3. The number of amides is 1. The summed E-state index contributed by atoms with van der Waals surface area (Å²) in [5.41, 5.74) is 1.19. The number of aliphatic hydroxyl groups is 1. The molecule has 8 nitrogen and oxygen atoms in total. The Morgan fingerprint density at radius 2 is 1.47 bits per heavy atom. The summed E-state index contributed by atoms with van der Waals surface area (Å²) < 4.78 is 35.5. The van der Waals surface area contributed by atoms with E-state index in [1.807, 2.05) is 0 Å². The second-order valence-corrected chi connectivity index (χ2v) is 8.84. The summed E-state index contributed by atoms with van der Waals surface area (Å²) in [5.74, 6) is -1.93. The first-order valence-electron chi connectivity index (χ1n) is 11.4. The van der Waals surface area contributed by atoms with Gasteiger partial charge in [0.15, 0.2) is 11.5 Å². The average Bonchev–Trinajstić information content (AvgIpc) is 3.17. The van der Waals surface area contributed by atoms with Crippen molar-refractivity contribution in [1.82, 2.24) is 0 Å². The number of hydrogen-bond acceptors (Lipinski definition) is 7. The second kappa shape index (κ2) is 10.6. The summed E-state index contributed by atoms with van der Waals surface area (Å²) in [6, 6.07) is 10.3. The predicted octanol–water partition coefficient (Wildman–Crippen LogP) is 5.45. The Balaban J connectivity index is 2.07. The summed E-state index contributed by atoms with van der Waals surface area (Å²) in [6.45, 7) is 1.76. The lowest BCUT2D eigenvalue weighted by Crippen LogP contribution is -2.29. The molecule has 1 N–H and O–H groups in total. The van der Waals surface area contributed by atoms with Crippen molar-refractivity contribution in [3.05, 3.63) is 81.6 Å². The molecule has 1 amide bonds. The van der Waals surface area contributed by atoms with Gasteiger partial charge in [0, 0.05) is 5.69 Å². The number of Topliss-reactive ketones (excluding diaryl/α,β-unsaturated/α-hetero) is 1. The Morgan fingerprint density at radius 1 is 0.895 bits per heavy atom. The van der Waals surface area contributed by atoms with Gasteiger partial charge in [0.25, 0.3) is 11.7 Å². The largest absolute Gasteiger partial charge is 0.507 e. The van der Waals surface area contributed by atoms with Crippen LogP contribution in [0.5, 0.6) is 23.0 Å². The Kier molecular flexibility index (Phi) is 7.50. The molecule has 38 heavy (non-hydrogen) atoms. The van der Waals surface area contributed by atoms with Gasteiger partial charge in [0.2, 0.25) is 5.75 Å². The van der Waals surface area contributed by atoms with E-state index in [0.29, 0.717) is 16.9 Å². The first-order valence-corrected chi connectivity index (χ1v) is 11.8. The van der Waals surface area contributed by atoms with Crippen molar-refractivity contribution >= 4 is 34.7 Å². The first-order chi connectivity index (χ1) is 18.2. The highest BCUT2D eigenvalue weighted by atomic mass is 35.5. The van der Waals surface area contributed by atoms with Crippen LogP contribution in [0.3, 0.4) is 0 Å². The summed E-state index contributed by atoms with van der Waals surface area (Å²) >= 11 is 6.35. The Hall–Kier alpha value is -4.24. The second-order valence-electron chi connectivity index (χ2n) is 8.43. The van der Waals surface area contributed by atoms with Crippen molar-refractivity contribution in [2.24, 2.45) is 0 Å². The molecule has 1 atom stereocenters. The maximum atomic E-state index is 13.7. The third-order valence-corrected chi connectivity index (χ3v) is 6.48. The normalized spacial score (nSPS) is 16.5. The maximum absolute atomic E-state index is 13.7. The lowest BCUT2D eigenvalue weighted by Gasteiger charge is -2.27. The van der Waals surface area contributed by atoms with Gasteiger partial charge >= 0.3 is 0 Å². The number of benzene rings is 3. The summed E-state index contributed by atoms with van der Waals surface area (Å²) in [5, 5.41) is 11.8. The van der Waals surface area contributed by atoms with E-state index < -0.39 is 29.3 Å². The first kappa shape index (κ1) is 26.8. The van der Waals surface area contributed by atoms with E-state index in [4.69, 9.17) is 30.5 Å². The molecule has 0 saturated carbocycles. The van der Waals surface area contributed by atoms with Crippen LogP contribution < -0.4 is 23.8 Å². The Bertz CT molecular complexity index is 1430.